The van der Waals surface area contributed by atoms with Crippen molar-refractivity contribution in [1.82, 2.24) is 10.2 Å². The molecule has 4 rings (SSSR count). The zero-order valence-corrected chi connectivity index (χ0v) is 15.2. The van der Waals surface area contributed by atoms with Gasteiger partial charge in [0.1, 0.15) is 23.7 Å². The molecular weight excluding hydrogens is 366 g/mol. The molecule has 1 aliphatic heterocycles. The molecule has 2 heterocycles. The highest BCUT2D eigenvalue weighted by Crippen LogP contribution is 2.36. The molecule has 1 aromatic heterocycles. The molecule has 0 unspecified atom stereocenters. The summed E-state index contributed by atoms with van der Waals surface area (Å²) in [6.45, 7) is 0.215. The van der Waals surface area contributed by atoms with Crippen molar-refractivity contribution in [3.05, 3.63) is 53.9 Å². The van der Waals surface area contributed by atoms with Crippen molar-refractivity contribution in [3.63, 3.8) is 0 Å². The van der Waals surface area contributed by atoms with Gasteiger partial charge in [-0.15, -0.1) is 5.10 Å². The molecule has 0 spiro atoms. The van der Waals surface area contributed by atoms with Gasteiger partial charge in [0.15, 0.2) is 11.5 Å². The van der Waals surface area contributed by atoms with Gasteiger partial charge in [0.2, 0.25) is 6.10 Å². The van der Waals surface area contributed by atoms with E-state index in [2.05, 4.69) is 15.5 Å². The lowest BCUT2D eigenvalue weighted by Gasteiger charge is -2.23. The first-order chi connectivity index (χ1) is 13.7. The number of hydrogen-bond acceptors (Lipinski definition) is 8. The fourth-order valence-corrected chi connectivity index (χ4v) is 2.79. The van der Waals surface area contributed by atoms with Crippen molar-refractivity contribution in [3.8, 4) is 23.0 Å². The fourth-order valence-electron chi connectivity index (χ4n) is 2.79. The molecule has 1 aliphatic rings. The molecule has 0 fully saturated rings. The summed E-state index contributed by atoms with van der Waals surface area (Å²) in [7, 11) is 2.93. The molecule has 1 atom stereocenters. The summed E-state index contributed by atoms with van der Waals surface area (Å²) in [5.41, 5.74) is 0.221. The van der Waals surface area contributed by atoms with Crippen LogP contribution in [0.4, 0.5) is 6.01 Å². The van der Waals surface area contributed by atoms with E-state index in [0.717, 1.165) is 0 Å². The lowest BCUT2D eigenvalue weighted by Crippen LogP contribution is -2.21. The molecule has 1 N–H and O–H groups in total. The van der Waals surface area contributed by atoms with Crippen LogP contribution in [0.3, 0.4) is 0 Å². The van der Waals surface area contributed by atoms with Gasteiger partial charge >= 0.3 is 6.01 Å². The van der Waals surface area contributed by atoms with Gasteiger partial charge < -0.3 is 23.4 Å². The summed E-state index contributed by atoms with van der Waals surface area (Å²) < 4.78 is 27.5. The Hall–Kier alpha value is -3.75. The number of nitrogens with one attached hydrogen (secondary N) is 1. The van der Waals surface area contributed by atoms with E-state index < -0.39 is 12.0 Å². The number of aromatic nitrogens is 2. The van der Waals surface area contributed by atoms with E-state index in [-0.39, 0.29) is 24.1 Å². The summed E-state index contributed by atoms with van der Waals surface area (Å²) in [4.78, 5) is 12.7. The first-order valence-corrected chi connectivity index (χ1v) is 8.44. The molecule has 9 heteroatoms. The van der Waals surface area contributed by atoms with E-state index in [4.69, 9.17) is 23.4 Å². The molecule has 1 amide bonds. The van der Waals surface area contributed by atoms with Crippen molar-refractivity contribution in [2.75, 3.05) is 26.1 Å². The third-order valence-electron chi connectivity index (χ3n) is 4.10. The zero-order valence-electron chi connectivity index (χ0n) is 15.2. The van der Waals surface area contributed by atoms with Crippen LogP contribution < -0.4 is 24.3 Å². The Labute approximate surface area is 160 Å². The number of anilines is 1. The van der Waals surface area contributed by atoms with Crippen molar-refractivity contribution in [2.45, 2.75) is 6.10 Å². The number of hydrogen-bond donors (Lipinski definition) is 1. The highest BCUT2D eigenvalue weighted by Gasteiger charge is 2.28. The number of para-hydroxylation sites is 2. The molecule has 2 aromatic carbocycles. The van der Waals surface area contributed by atoms with Crippen LogP contribution in [0.5, 0.6) is 23.0 Å². The monoisotopic (exact) mass is 383 g/mol. The Morgan fingerprint density at radius 3 is 2.46 bits per heavy atom. The second kappa shape index (κ2) is 7.47. The molecule has 0 saturated heterocycles. The minimum Gasteiger partial charge on any atom is -0.496 e. The second-order valence-corrected chi connectivity index (χ2v) is 5.80. The molecule has 28 heavy (non-hydrogen) atoms. The number of fused-ring (bicyclic) bond motifs is 1. The Morgan fingerprint density at radius 2 is 1.75 bits per heavy atom. The van der Waals surface area contributed by atoms with Crippen LogP contribution in [0.2, 0.25) is 0 Å². The molecular formula is C19H17N3O6. The van der Waals surface area contributed by atoms with Crippen LogP contribution in [-0.4, -0.2) is 36.9 Å². The largest absolute Gasteiger partial charge is 0.496 e. The quantitative estimate of drug-likeness (QED) is 0.717. The Kier molecular flexibility index (Phi) is 4.71. The van der Waals surface area contributed by atoms with Gasteiger partial charge in [-0.1, -0.05) is 23.3 Å². The number of benzene rings is 2. The van der Waals surface area contributed by atoms with Crippen molar-refractivity contribution in [1.29, 1.82) is 0 Å². The number of carbonyl (C=O) groups excluding carboxylic acids is 1. The van der Waals surface area contributed by atoms with Crippen LogP contribution >= 0.6 is 0 Å². The topological polar surface area (TPSA) is 105 Å². The highest BCUT2D eigenvalue weighted by atomic mass is 16.6. The van der Waals surface area contributed by atoms with Gasteiger partial charge in [-0.2, -0.15) is 0 Å². The maximum atomic E-state index is 12.7. The Bertz CT molecular complexity index is 981. The van der Waals surface area contributed by atoms with Crippen molar-refractivity contribution >= 4 is 11.9 Å². The normalized spacial score (nSPS) is 15.0. The first kappa shape index (κ1) is 17.7. The van der Waals surface area contributed by atoms with Gasteiger partial charge in [-0.3, -0.25) is 10.1 Å². The summed E-state index contributed by atoms with van der Waals surface area (Å²) in [5, 5.41) is 10.4. The molecule has 144 valence electrons. The van der Waals surface area contributed by atoms with Gasteiger partial charge in [0.25, 0.3) is 11.8 Å². The smallest absolute Gasteiger partial charge is 0.322 e. The maximum absolute atomic E-state index is 12.7. The van der Waals surface area contributed by atoms with Crippen molar-refractivity contribution < 1.29 is 28.2 Å². The minimum atomic E-state index is -0.575. The number of amides is 1. The molecule has 0 saturated carbocycles. The summed E-state index contributed by atoms with van der Waals surface area (Å²) in [5.74, 6) is 1.64. The Balaban J connectivity index is 1.51. The van der Waals surface area contributed by atoms with Gasteiger partial charge in [0, 0.05) is 0 Å². The van der Waals surface area contributed by atoms with Crippen molar-refractivity contribution in [2.24, 2.45) is 0 Å². The zero-order chi connectivity index (χ0) is 19.5. The fraction of sp³-hybridized carbons (Fsp3) is 0.211. The van der Waals surface area contributed by atoms with E-state index >= 15 is 0 Å². The second-order valence-electron chi connectivity index (χ2n) is 5.80. The van der Waals surface area contributed by atoms with Crippen LogP contribution in [0.1, 0.15) is 22.4 Å². The summed E-state index contributed by atoms with van der Waals surface area (Å²) in [6, 6.07) is 12.2. The average molecular weight is 383 g/mol. The van der Waals surface area contributed by atoms with Gasteiger partial charge in [-0.05, 0) is 24.3 Å². The van der Waals surface area contributed by atoms with E-state index in [9.17, 15) is 4.79 Å². The van der Waals surface area contributed by atoms with Crippen LogP contribution in [-0.2, 0) is 0 Å². The van der Waals surface area contributed by atoms with E-state index in [1.165, 1.54) is 14.2 Å². The number of carbonyl (C=O) groups is 1. The van der Waals surface area contributed by atoms with Gasteiger partial charge in [0.05, 0.1) is 14.2 Å². The molecule has 9 nitrogen and oxygen atoms in total. The first-order valence-electron chi connectivity index (χ1n) is 8.44. The number of methoxy groups -OCH3 is 2. The molecule has 0 bridgehead atoms. The van der Waals surface area contributed by atoms with E-state index in [0.29, 0.717) is 23.0 Å². The van der Waals surface area contributed by atoms with Crippen LogP contribution in [0, 0.1) is 0 Å². The summed E-state index contributed by atoms with van der Waals surface area (Å²) in [6.07, 6.45) is -0.575. The van der Waals surface area contributed by atoms with Crippen LogP contribution in [0.25, 0.3) is 0 Å². The third kappa shape index (κ3) is 3.29. The number of nitrogens with zero attached hydrogens (tertiary/aromatic N) is 2. The minimum absolute atomic E-state index is 0.0737. The predicted octanol–water partition coefficient (Wildman–Crippen LogP) is 2.85. The van der Waals surface area contributed by atoms with E-state index in [1.807, 2.05) is 18.2 Å². The predicted molar refractivity (Wildman–Crippen MR) is 97.1 cm³/mol. The summed E-state index contributed by atoms with van der Waals surface area (Å²) >= 11 is 0. The third-order valence-corrected chi connectivity index (χ3v) is 4.10. The Morgan fingerprint density at radius 1 is 1.04 bits per heavy atom. The van der Waals surface area contributed by atoms with Crippen LogP contribution in [0.15, 0.2) is 46.9 Å². The number of rotatable bonds is 5. The standard InChI is InChI=1S/C19H17N3O6/c1-24-13-8-5-9-14(25-2)16(13)17(23)20-19-22-21-18(28-19)15-10-26-11-6-3-4-7-12(11)27-15/h3-9,15H,10H2,1-2H3,(H,20,22,23)/t15-/m0/s1. The number of ether oxygens (including phenoxy) is 4. The highest BCUT2D eigenvalue weighted by molar-refractivity contribution is 6.07. The van der Waals surface area contributed by atoms with E-state index in [1.54, 1.807) is 24.3 Å². The maximum Gasteiger partial charge on any atom is 0.322 e. The van der Waals surface area contributed by atoms with Gasteiger partial charge in [-0.25, -0.2) is 0 Å². The lowest BCUT2D eigenvalue weighted by atomic mass is 10.1. The molecule has 0 aliphatic carbocycles. The molecule has 0 radical (unpaired) electrons. The average Bonchev–Trinajstić information content (AvgIpc) is 3.21. The lowest BCUT2D eigenvalue weighted by molar-refractivity contribution is 0.0716. The molecule has 3 aromatic rings. The SMILES string of the molecule is COc1cccc(OC)c1C(=O)Nc1nnc([C@@H]2COc3ccccc3O2)o1.